The average Bonchev–Trinajstić information content (AvgIpc) is 2.57. The highest BCUT2D eigenvalue weighted by Crippen LogP contribution is 2.19. The molecule has 1 aromatic heterocycles. The summed E-state index contributed by atoms with van der Waals surface area (Å²) >= 11 is 3.40. The van der Waals surface area contributed by atoms with Crippen molar-refractivity contribution < 1.29 is 9.53 Å². The largest absolute Gasteiger partial charge is 0.378 e. The zero-order chi connectivity index (χ0) is 15.4. The Morgan fingerprint density at radius 3 is 2.64 bits per heavy atom. The molecule has 0 saturated carbocycles. The minimum atomic E-state index is 0.0181. The smallest absolute Gasteiger partial charge is 0.254 e. The first-order chi connectivity index (χ1) is 10.7. The highest BCUT2D eigenvalue weighted by atomic mass is 79.9. The maximum Gasteiger partial charge on any atom is 0.254 e. The lowest BCUT2D eigenvalue weighted by Gasteiger charge is -2.26. The van der Waals surface area contributed by atoms with Crippen LogP contribution in [0.25, 0.3) is 0 Å². The summed E-state index contributed by atoms with van der Waals surface area (Å²) < 4.78 is 6.29. The number of benzene rings is 1. The molecule has 114 valence electrons. The topological polar surface area (TPSA) is 54.5 Å². The molecule has 1 amide bonds. The van der Waals surface area contributed by atoms with Gasteiger partial charge in [0.2, 0.25) is 0 Å². The van der Waals surface area contributed by atoms with Crippen LogP contribution >= 0.6 is 15.9 Å². The highest BCUT2D eigenvalue weighted by Gasteiger charge is 2.18. The van der Waals surface area contributed by atoms with E-state index in [4.69, 9.17) is 4.74 Å². The number of amides is 1. The first kappa shape index (κ1) is 15.0. The van der Waals surface area contributed by atoms with E-state index < -0.39 is 0 Å². The van der Waals surface area contributed by atoms with Gasteiger partial charge in [-0.2, -0.15) is 0 Å². The summed E-state index contributed by atoms with van der Waals surface area (Å²) in [6.07, 6.45) is 1.65. The normalized spacial score (nSPS) is 14.7. The number of morpholine rings is 1. The van der Waals surface area contributed by atoms with Crippen LogP contribution in [0.1, 0.15) is 10.4 Å². The Morgan fingerprint density at radius 1 is 1.18 bits per heavy atom. The molecule has 0 spiro atoms. The maximum absolute atomic E-state index is 12.5. The average molecular weight is 362 g/mol. The second-order valence-electron chi connectivity index (χ2n) is 4.97. The van der Waals surface area contributed by atoms with E-state index in [2.05, 4.69) is 26.2 Å². The van der Waals surface area contributed by atoms with E-state index in [0.717, 1.165) is 10.2 Å². The number of carbonyl (C=O) groups excluding carboxylic acids is 1. The Labute approximate surface area is 137 Å². The van der Waals surface area contributed by atoms with Crippen molar-refractivity contribution in [1.29, 1.82) is 0 Å². The second-order valence-corrected chi connectivity index (χ2v) is 5.88. The Bertz CT molecular complexity index is 655. The zero-order valence-electron chi connectivity index (χ0n) is 12.0. The molecule has 2 aromatic rings. The lowest BCUT2D eigenvalue weighted by molar-refractivity contribution is 0.0303. The Kier molecular flexibility index (Phi) is 4.70. The van der Waals surface area contributed by atoms with Crippen molar-refractivity contribution in [3.63, 3.8) is 0 Å². The van der Waals surface area contributed by atoms with Gasteiger partial charge >= 0.3 is 0 Å². The van der Waals surface area contributed by atoms with Crippen molar-refractivity contribution in [2.45, 2.75) is 0 Å². The number of halogens is 1. The number of hydrogen-bond donors (Lipinski definition) is 1. The number of anilines is 2. The van der Waals surface area contributed by atoms with Crippen LogP contribution in [0.4, 0.5) is 11.5 Å². The first-order valence-electron chi connectivity index (χ1n) is 7.08. The Balaban J connectivity index is 1.74. The number of nitrogens with one attached hydrogen (secondary N) is 1. The van der Waals surface area contributed by atoms with E-state index in [-0.39, 0.29) is 5.91 Å². The van der Waals surface area contributed by atoms with Gasteiger partial charge in [-0.3, -0.25) is 4.79 Å². The fourth-order valence-electron chi connectivity index (χ4n) is 2.26. The molecule has 1 aliphatic rings. The van der Waals surface area contributed by atoms with Crippen molar-refractivity contribution >= 4 is 33.3 Å². The molecule has 1 N–H and O–H groups in total. The fourth-order valence-corrected chi connectivity index (χ4v) is 2.53. The van der Waals surface area contributed by atoms with Gasteiger partial charge in [0.15, 0.2) is 0 Å². The molecule has 0 bridgehead atoms. The van der Waals surface area contributed by atoms with Crippen molar-refractivity contribution in [3.05, 3.63) is 52.6 Å². The van der Waals surface area contributed by atoms with E-state index in [1.165, 1.54) is 0 Å². The minimum Gasteiger partial charge on any atom is -0.378 e. The fraction of sp³-hybridized carbons (Fsp3) is 0.250. The van der Waals surface area contributed by atoms with Crippen LogP contribution in [-0.2, 0) is 4.74 Å². The zero-order valence-corrected chi connectivity index (χ0v) is 13.5. The number of hydrogen-bond acceptors (Lipinski definition) is 4. The number of pyridine rings is 1. The van der Waals surface area contributed by atoms with Crippen molar-refractivity contribution in [3.8, 4) is 0 Å². The third-order valence-electron chi connectivity index (χ3n) is 3.42. The molecule has 0 atom stereocenters. The number of carbonyl (C=O) groups is 1. The van der Waals surface area contributed by atoms with Crippen LogP contribution in [0.3, 0.4) is 0 Å². The first-order valence-corrected chi connectivity index (χ1v) is 7.87. The third kappa shape index (κ3) is 3.64. The molecule has 0 unspecified atom stereocenters. The van der Waals surface area contributed by atoms with Gasteiger partial charge in [0.05, 0.1) is 13.2 Å². The van der Waals surface area contributed by atoms with E-state index in [9.17, 15) is 4.79 Å². The number of ether oxygens (including phenoxy) is 1. The van der Waals surface area contributed by atoms with Gasteiger partial charge in [0.25, 0.3) is 5.91 Å². The van der Waals surface area contributed by atoms with Crippen molar-refractivity contribution in [2.24, 2.45) is 0 Å². The van der Waals surface area contributed by atoms with Crippen molar-refractivity contribution in [1.82, 2.24) is 9.88 Å². The molecule has 5 nitrogen and oxygen atoms in total. The SMILES string of the molecule is O=C(c1ccnc(Nc2ccc(Br)cc2)c1)N1CCOCC1. The van der Waals surface area contributed by atoms with Crippen LogP contribution in [-0.4, -0.2) is 42.1 Å². The summed E-state index contributed by atoms with van der Waals surface area (Å²) in [4.78, 5) is 18.5. The van der Waals surface area contributed by atoms with Gasteiger partial charge in [0, 0.05) is 35.0 Å². The Morgan fingerprint density at radius 2 is 1.91 bits per heavy atom. The van der Waals surface area contributed by atoms with Crippen molar-refractivity contribution in [2.75, 3.05) is 31.6 Å². The molecule has 0 radical (unpaired) electrons. The van der Waals surface area contributed by atoms with Gasteiger partial charge in [-0.1, -0.05) is 15.9 Å². The highest BCUT2D eigenvalue weighted by molar-refractivity contribution is 9.10. The molecule has 1 fully saturated rings. The van der Waals surface area contributed by atoms with Crippen LogP contribution in [0, 0.1) is 0 Å². The predicted octanol–water partition coefficient (Wildman–Crippen LogP) is 3.06. The van der Waals surface area contributed by atoms with Gasteiger partial charge < -0.3 is 15.0 Å². The summed E-state index contributed by atoms with van der Waals surface area (Å²) in [6, 6.07) is 11.3. The molecule has 0 aliphatic carbocycles. The van der Waals surface area contributed by atoms with Gasteiger partial charge in [-0.05, 0) is 36.4 Å². The molecular weight excluding hydrogens is 346 g/mol. The minimum absolute atomic E-state index is 0.0181. The molecule has 2 heterocycles. The monoisotopic (exact) mass is 361 g/mol. The van der Waals surface area contributed by atoms with E-state index in [0.29, 0.717) is 37.7 Å². The number of aromatic nitrogens is 1. The lowest BCUT2D eigenvalue weighted by Crippen LogP contribution is -2.40. The summed E-state index contributed by atoms with van der Waals surface area (Å²) in [5.74, 6) is 0.672. The van der Waals surface area contributed by atoms with E-state index >= 15 is 0 Å². The van der Waals surface area contributed by atoms with Crippen LogP contribution in [0.15, 0.2) is 47.1 Å². The molecule has 6 heteroatoms. The maximum atomic E-state index is 12.5. The molecule has 22 heavy (non-hydrogen) atoms. The molecule has 1 aliphatic heterocycles. The van der Waals surface area contributed by atoms with Gasteiger partial charge in [-0.15, -0.1) is 0 Å². The summed E-state index contributed by atoms with van der Waals surface area (Å²) in [7, 11) is 0. The van der Waals surface area contributed by atoms with E-state index in [1.54, 1.807) is 18.3 Å². The summed E-state index contributed by atoms with van der Waals surface area (Å²) in [5, 5.41) is 3.20. The van der Waals surface area contributed by atoms with Gasteiger partial charge in [0.1, 0.15) is 5.82 Å². The molecule has 1 aromatic carbocycles. The Hall–Kier alpha value is -1.92. The molecular formula is C16H16BrN3O2. The number of nitrogens with zero attached hydrogens (tertiary/aromatic N) is 2. The van der Waals surface area contributed by atoms with Crippen LogP contribution < -0.4 is 5.32 Å². The third-order valence-corrected chi connectivity index (χ3v) is 3.95. The molecule has 3 rings (SSSR count). The number of rotatable bonds is 3. The van der Waals surface area contributed by atoms with Gasteiger partial charge in [-0.25, -0.2) is 4.98 Å². The summed E-state index contributed by atoms with van der Waals surface area (Å²) in [5.41, 5.74) is 1.56. The van der Waals surface area contributed by atoms with Crippen LogP contribution in [0.2, 0.25) is 0 Å². The second kappa shape index (κ2) is 6.89. The summed E-state index contributed by atoms with van der Waals surface area (Å²) in [6.45, 7) is 2.47. The van der Waals surface area contributed by atoms with E-state index in [1.807, 2.05) is 29.2 Å². The molecule has 1 saturated heterocycles. The predicted molar refractivity (Wildman–Crippen MR) is 88.4 cm³/mol. The quantitative estimate of drug-likeness (QED) is 0.912. The van der Waals surface area contributed by atoms with Crippen LogP contribution in [0.5, 0.6) is 0 Å². The standard InChI is InChI=1S/C16H16BrN3O2/c17-13-1-3-14(4-2-13)19-15-11-12(5-6-18-15)16(21)20-7-9-22-10-8-20/h1-6,11H,7-10H2,(H,18,19). The lowest BCUT2D eigenvalue weighted by atomic mass is 10.2.